The van der Waals surface area contributed by atoms with Gasteiger partial charge in [-0.05, 0) is 83.1 Å². The van der Waals surface area contributed by atoms with Gasteiger partial charge in [-0.25, -0.2) is 14.2 Å². The fourth-order valence-corrected chi connectivity index (χ4v) is 4.84. The molecule has 0 radical (unpaired) electrons. The van der Waals surface area contributed by atoms with Crippen molar-refractivity contribution in [1.82, 2.24) is 4.90 Å². The molecule has 1 saturated heterocycles. The van der Waals surface area contributed by atoms with E-state index >= 15 is 0 Å². The van der Waals surface area contributed by atoms with Crippen molar-refractivity contribution in [3.05, 3.63) is 136 Å². The normalized spacial score (nSPS) is 15.2. The maximum atomic E-state index is 13.4. The van der Waals surface area contributed by atoms with E-state index in [0.717, 1.165) is 22.4 Å². The molecule has 1 heterocycles. The molecule has 0 unspecified atom stereocenters. The van der Waals surface area contributed by atoms with Gasteiger partial charge in [0.2, 0.25) is 0 Å². The monoisotopic (exact) mass is 538 g/mol. The van der Waals surface area contributed by atoms with Crippen LogP contribution in [0, 0.1) is 5.82 Å². The zero-order valence-electron chi connectivity index (χ0n) is 20.7. The maximum absolute atomic E-state index is 13.4. The Balaban J connectivity index is 1.37. The summed E-state index contributed by atoms with van der Waals surface area (Å²) in [6, 6.07) is 29.4. The SMILES string of the molecule is O=C(O)c1ccc(CN2C(=O)/C(=C/c3ccc(OCc4ccccc4)cc3)SC2=Nc2ccc(F)cc2)cc1. The van der Waals surface area contributed by atoms with Crippen molar-refractivity contribution in [2.45, 2.75) is 13.2 Å². The summed E-state index contributed by atoms with van der Waals surface area (Å²) in [6.45, 7) is 0.663. The van der Waals surface area contributed by atoms with E-state index in [0.29, 0.717) is 22.4 Å². The van der Waals surface area contributed by atoms with Gasteiger partial charge in [-0.3, -0.25) is 9.69 Å². The summed E-state index contributed by atoms with van der Waals surface area (Å²) in [5, 5.41) is 9.62. The third-order valence-electron chi connectivity index (χ3n) is 5.91. The molecule has 194 valence electrons. The van der Waals surface area contributed by atoms with Crippen LogP contribution in [0.2, 0.25) is 0 Å². The maximum Gasteiger partial charge on any atom is 0.335 e. The van der Waals surface area contributed by atoms with Crippen molar-refractivity contribution < 1.29 is 23.8 Å². The van der Waals surface area contributed by atoms with Crippen molar-refractivity contribution >= 4 is 40.6 Å². The van der Waals surface area contributed by atoms with Crippen LogP contribution in [0.25, 0.3) is 6.08 Å². The van der Waals surface area contributed by atoms with E-state index in [-0.39, 0.29) is 23.8 Å². The lowest BCUT2D eigenvalue weighted by Gasteiger charge is -2.16. The number of amides is 1. The molecule has 0 spiro atoms. The van der Waals surface area contributed by atoms with Gasteiger partial charge in [0.15, 0.2) is 5.17 Å². The topological polar surface area (TPSA) is 79.2 Å². The van der Waals surface area contributed by atoms with E-state index in [1.165, 1.54) is 40.9 Å². The molecule has 4 aromatic carbocycles. The van der Waals surface area contributed by atoms with Crippen LogP contribution in [0.1, 0.15) is 27.0 Å². The quantitative estimate of drug-likeness (QED) is 0.247. The molecule has 1 aliphatic rings. The number of aliphatic imine (C=N–C) groups is 1. The second-order valence-electron chi connectivity index (χ2n) is 8.72. The average molecular weight is 539 g/mol. The summed E-state index contributed by atoms with van der Waals surface area (Å²) in [6.07, 6.45) is 1.79. The Kier molecular flexibility index (Phi) is 7.84. The Labute approximate surface area is 229 Å². The fourth-order valence-electron chi connectivity index (χ4n) is 3.84. The summed E-state index contributed by atoms with van der Waals surface area (Å²) in [7, 11) is 0. The number of benzene rings is 4. The number of aromatic carboxylic acids is 1. The van der Waals surface area contributed by atoms with Gasteiger partial charge in [0.1, 0.15) is 18.2 Å². The molecule has 1 aliphatic heterocycles. The van der Waals surface area contributed by atoms with Crippen LogP contribution >= 0.6 is 11.8 Å². The molecule has 4 aromatic rings. The molecule has 0 aliphatic carbocycles. The van der Waals surface area contributed by atoms with Gasteiger partial charge in [-0.2, -0.15) is 0 Å². The number of carboxylic acid groups (broad SMARTS) is 1. The Morgan fingerprint density at radius 3 is 2.26 bits per heavy atom. The predicted molar refractivity (Wildman–Crippen MR) is 150 cm³/mol. The fraction of sp³-hybridized carbons (Fsp3) is 0.0645. The first-order valence-electron chi connectivity index (χ1n) is 12.1. The Bertz CT molecular complexity index is 1530. The highest BCUT2D eigenvalue weighted by Crippen LogP contribution is 2.35. The molecular weight excluding hydrogens is 515 g/mol. The highest BCUT2D eigenvalue weighted by molar-refractivity contribution is 8.18. The number of hydrogen-bond donors (Lipinski definition) is 1. The number of carbonyl (C=O) groups excluding carboxylic acids is 1. The summed E-state index contributed by atoms with van der Waals surface area (Å²) in [5.74, 6) is -0.903. The number of carboxylic acids is 1. The average Bonchev–Trinajstić information content (AvgIpc) is 3.23. The highest BCUT2D eigenvalue weighted by Gasteiger charge is 2.33. The molecule has 6 nitrogen and oxygen atoms in total. The lowest BCUT2D eigenvalue weighted by Crippen LogP contribution is -2.28. The van der Waals surface area contributed by atoms with Crippen LogP contribution in [-0.4, -0.2) is 27.1 Å². The minimum Gasteiger partial charge on any atom is -0.489 e. The molecule has 1 amide bonds. The van der Waals surface area contributed by atoms with Crippen molar-refractivity contribution in [3.63, 3.8) is 0 Å². The van der Waals surface area contributed by atoms with Crippen molar-refractivity contribution in [1.29, 1.82) is 0 Å². The Morgan fingerprint density at radius 2 is 1.59 bits per heavy atom. The number of halogens is 1. The number of rotatable bonds is 8. The Hall–Kier alpha value is -4.69. The lowest BCUT2D eigenvalue weighted by molar-refractivity contribution is -0.122. The van der Waals surface area contributed by atoms with E-state index in [2.05, 4.69) is 4.99 Å². The first kappa shape index (κ1) is 25.9. The first-order valence-corrected chi connectivity index (χ1v) is 12.9. The van der Waals surface area contributed by atoms with Crippen molar-refractivity contribution in [3.8, 4) is 5.75 Å². The second kappa shape index (κ2) is 11.8. The molecule has 1 N–H and O–H groups in total. The van der Waals surface area contributed by atoms with Crippen molar-refractivity contribution in [2.75, 3.05) is 0 Å². The summed E-state index contributed by atoms with van der Waals surface area (Å²) in [4.78, 5) is 31.3. The van der Waals surface area contributed by atoms with Crippen LogP contribution in [-0.2, 0) is 17.9 Å². The molecule has 0 atom stereocenters. The van der Waals surface area contributed by atoms with Gasteiger partial charge >= 0.3 is 5.97 Å². The lowest BCUT2D eigenvalue weighted by atomic mass is 10.1. The van der Waals surface area contributed by atoms with Gasteiger partial charge < -0.3 is 9.84 Å². The zero-order valence-corrected chi connectivity index (χ0v) is 21.5. The predicted octanol–water partition coefficient (Wildman–Crippen LogP) is 6.91. The number of nitrogens with zero attached hydrogens (tertiary/aromatic N) is 2. The summed E-state index contributed by atoms with van der Waals surface area (Å²) >= 11 is 1.23. The smallest absolute Gasteiger partial charge is 0.335 e. The minimum atomic E-state index is -1.02. The molecule has 1 fully saturated rings. The van der Waals surface area contributed by atoms with Crippen LogP contribution in [0.3, 0.4) is 0 Å². The van der Waals surface area contributed by atoms with Crippen LogP contribution < -0.4 is 4.74 Å². The minimum absolute atomic E-state index is 0.165. The van der Waals surface area contributed by atoms with Gasteiger partial charge in [0, 0.05) is 0 Å². The van der Waals surface area contributed by atoms with Gasteiger partial charge in [0.25, 0.3) is 5.91 Å². The molecule has 0 saturated carbocycles. The highest BCUT2D eigenvalue weighted by atomic mass is 32.2. The number of carbonyl (C=O) groups is 2. The second-order valence-corrected chi connectivity index (χ2v) is 9.73. The Morgan fingerprint density at radius 1 is 0.897 bits per heavy atom. The largest absolute Gasteiger partial charge is 0.489 e. The summed E-state index contributed by atoms with van der Waals surface area (Å²) < 4.78 is 19.3. The first-order chi connectivity index (χ1) is 18.9. The van der Waals surface area contributed by atoms with E-state index in [4.69, 9.17) is 4.74 Å². The molecule has 5 rings (SSSR count). The zero-order chi connectivity index (χ0) is 27.2. The van der Waals surface area contributed by atoms with E-state index in [9.17, 15) is 19.1 Å². The van der Waals surface area contributed by atoms with Crippen LogP contribution in [0.4, 0.5) is 10.1 Å². The molecular formula is C31H23FN2O4S. The van der Waals surface area contributed by atoms with Crippen molar-refractivity contribution in [2.24, 2.45) is 4.99 Å². The third-order valence-corrected chi connectivity index (χ3v) is 6.91. The third kappa shape index (κ3) is 6.61. The number of ether oxygens (including phenoxy) is 1. The number of hydrogen-bond acceptors (Lipinski definition) is 5. The molecule has 0 bridgehead atoms. The standard InChI is InChI=1S/C31H23FN2O4S/c32-25-12-14-26(15-13-25)33-31-34(19-22-6-10-24(11-7-22)30(36)37)29(35)28(39-31)18-21-8-16-27(17-9-21)38-20-23-4-2-1-3-5-23/h1-18H,19-20H2,(H,36,37)/b28-18-,33-31?. The molecule has 8 heteroatoms. The van der Waals surface area contributed by atoms with Gasteiger partial charge in [-0.1, -0.05) is 54.6 Å². The van der Waals surface area contributed by atoms with Gasteiger partial charge in [0.05, 0.1) is 22.7 Å². The number of thioether (sulfide) groups is 1. The number of amidine groups is 1. The molecule has 39 heavy (non-hydrogen) atoms. The summed E-state index contributed by atoms with van der Waals surface area (Å²) in [5.41, 5.74) is 3.33. The van der Waals surface area contributed by atoms with E-state index < -0.39 is 5.97 Å². The molecule has 0 aromatic heterocycles. The van der Waals surface area contributed by atoms with Crippen LogP contribution in [0.5, 0.6) is 5.75 Å². The van der Waals surface area contributed by atoms with E-state index in [1.807, 2.05) is 54.6 Å². The van der Waals surface area contributed by atoms with E-state index in [1.54, 1.807) is 30.3 Å². The van der Waals surface area contributed by atoms with Crippen LogP contribution in [0.15, 0.2) is 113 Å². The van der Waals surface area contributed by atoms with Gasteiger partial charge in [-0.15, -0.1) is 0 Å².